The zero-order valence-corrected chi connectivity index (χ0v) is 16.7. The highest BCUT2D eigenvalue weighted by molar-refractivity contribution is 5.78. The summed E-state index contributed by atoms with van der Waals surface area (Å²) >= 11 is 0. The van der Waals surface area contributed by atoms with Crippen LogP contribution in [0.5, 0.6) is 0 Å². The minimum Gasteiger partial charge on any atom is -0.444 e. The SMILES string of the molecule is CC(C)(C)OC(=O)N1CCN(C(N)=NCc2ccccc2-n2cccn2)CC1. The number of rotatable bonds is 3. The Bertz CT molecular complexity index is 817. The fourth-order valence-electron chi connectivity index (χ4n) is 2.99. The highest BCUT2D eigenvalue weighted by Gasteiger charge is 2.26. The van der Waals surface area contributed by atoms with Crippen LogP contribution in [0.1, 0.15) is 26.3 Å². The van der Waals surface area contributed by atoms with Gasteiger partial charge in [-0.05, 0) is 38.5 Å². The quantitative estimate of drug-likeness (QED) is 0.648. The van der Waals surface area contributed by atoms with E-state index in [1.54, 1.807) is 11.1 Å². The molecule has 28 heavy (non-hydrogen) atoms. The van der Waals surface area contributed by atoms with Gasteiger partial charge >= 0.3 is 6.09 Å². The Morgan fingerprint density at radius 1 is 1.14 bits per heavy atom. The van der Waals surface area contributed by atoms with Gasteiger partial charge in [0, 0.05) is 38.6 Å². The molecule has 0 atom stereocenters. The third kappa shape index (κ3) is 5.03. The minimum atomic E-state index is -0.489. The highest BCUT2D eigenvalue weighted by Crippen LogP contribution is 2.15. The van der Waals surface area contributed by atoms with Crippen molar-refractivity contribution in [3.8, 4) is 5.69 Å². The third-order valence-electron chi connectivity index (χ3n) is 4.41. The van der Waals surface area contributed by atoms with E-state index < -0.39 is 5.60 Å². The lowest BCUT2D eigenvalue weighted by atomic mass is 10.2. The van der Waals surface area contributed by atoms with Crippen LogP contribution < -0.4 is 5.73 Å². The van der Waals surface area contributed by atoms with Gasteiger partial charge in [0.1, 0.15) is 5.60 Å². The topological polar surface area (TPSA) is 89.0 Å². The molecule has 0 unspecified atom stereocenters. The first-order valence-corrected chi connectivity index (χ1v) is 9.44. The van der Waals surface area contributed by atoms with Crippen LogP contribution in [0.3, 0.4) is 0 Å². The zero-order valence-electron chi connectivity index (χ0n) is 16.7. The number of para-hydroxylation sites is 1. The number of guanidine groups is 1. The fourth-order valence-corrected chi connectivity index (χ4v) is 2.99. The van der Waals surface area contributed by atoms with Gasteiger partial charge in [-0.2, -0.15) is 5.10 Å². The number of aliphatic imine (C=N–C) groups is 1. The van der Waals surface area contributed by atoms with Crippen molar-refractivity contribution < 1.29 is 9.53 Å². The van der Waals surface area contributed by atoms with Gasteiger partial charge < -0.3 is 20.3 Å². The molecule has 1 aliphatic rings. The predicted octanol–water partition coefficient (Wildman–Crippen LogP) is 2.24. The molecule has 1 aromatic heterocycles. The average Bonchev–Trinajstić information content (AvgIpc) is 3.19. The van der Waals surface area contributed by atoms with Crippen molar-refractivity contribution in [1.82, 2.24) is 19.6 Å². The van der Waals surface area contributed by atoms with E-state index in [4.69, 9.17) is 10.5 Å². The molecular weight excluding hydrogens is 356 g/mol. The van der Waals surface area contributed by atoms with Gasteiger partial charge in [0.25, 0.3) is 0 Å². The van der Waals surface area contributed by atoms with Crippen molar-refractivity contribution in [2.45, 2.75) is 32.9 Å². The van der Waals surface area contributed by atoms with E-state index in [1.165, 1.54) is 0 Å². The zero-order chi connectivity index (χ0) is 20.1. The lowest BCUT2D eigenvalue weighted by molar-refractivity contribution is 0.0186. The van der Waals surface area contributed by atoms with E-state index >= 15 is 0 Å². The number of ether oxygens (including phenoxy) is 1. The summed E-state index contributed by atoms with van der Waals surface area (Å²) in [7, 11) is 0. The summed E-state index contributed by atoms with van der Waals surface area (Å²) in [6, 6.07) is 9.87. The van der Waals surface area contributed by atoms with Crippen molar-refractivity contribution in [3.05, 3.63) is 48.3 Å². The summed E-state index contributed by atoms with van der Waals surface area (Å²) in [5, 5.41) is 4.29. The largest absolute Gasteiger partial charge is 0.444 e. The molecule has 8 heteroatoms. The van der Waals surface area contributed by atoms with Crippen molar-refractivity contribution in [2.24, 2.45) is 10.7 Å². The van der Waals surface area contributed by atoms with Crippen LogP contribution in [0.15, 0.2) is 47.7 Å². The number of nitrogens with zero attached hydrogens (tertiary/aromatic N) is 5. The summed E-state index contributed by atoms with van der Waals surface area (Å²) in [5.41, 5.74) is 7.75. The second-order valence-electron chi connectivity index (χ2n) is 7.71. The Kier molecular flexibility index (Phi) is 5.87. The van der Waals surface area contributed by atoms with Crippen LogP contribution in [-0.4, -0.2) is 63.4 Å². The van der Waals surface area contributed by atoms with Crippen LogP contribution >= 0.6 is 0 Å². The first-order chi connectivity index (χ1) is 13.3. The monoisotopic (exact) mass is 384 g/mol. The molecule has 150 valence electrons. The van der Waals surface area contributed by atoms with Crippen LogP contribution in [0.4, 0.5) is 4.79 Å². The predicted molar refractivity (Wildman–Crippen MR) is 108 cm³/mol. The molecule has 8 nitrogen and oxygen atoms in total. The molecule has 2 heterocycles. The third-order valence-corrected chi connectivity index (χ3v) is 4.41. The number of benzene rings is 1. The molecule has 0 saturated carbocycles. The Hall–Kier alpha value is -3.03. The van der Waals surface area contributed by atoms with Crippen LogP contribution in [0, 0.1) is 0 Å². The van der Waals surface area contributed by atoms with Gasteiger partial charge in [-0.25, -0.2) is 14.5 Å². The summed E-state index contributed by atoms with van der Waals surface area (Å²) in [5.74, 6) is 0.485. The van der Waals surface area contributed by atoms with Crippen LogP contribution in [0.2, 0.25) is 0 Å². The standard InChI is InChI=1S/C20H28N6O2/c1-20(2,3)28-19(27)25-13-11-24(12-14-25)18(21)22-15-16-7-4-5-8-17(16)26-10-6-9-23-26/h4-10H,11-15H2,1-3H3,(H2,21,22). The van der Waals surface area contributed by atoms with Crippen molar-refractivity contribution >= 4 is 12.1 Å². The summed E-state index contributed by atoms with van der Waals surface area (Å²) in [4.78, 5) is 20.4. The van der Waals surface area contributed by atoms with E-state index in [2.05, 4.69) is 10.1 Å². The fraction of sp³-hybridized carbons (Fsp3) is 0.450. The summed E-state index contributed by atoms with van der Waals surface area (Å²) in [6.07, 6.45) is 3.37. The molecule has 2 N–H and O–H groups in total. The molecule has 1 saturated heterocycles. The number of amides is 1. The second-order valence-corrected chi connectivity index (χ2v) is 7.71. The number of carbonyl (C=O) groups excluding carboxylic acids is 1. The molecular formula is C20H28N6O2. The molecule has 3 rings (SSSR count). The molecule has 1 fully saturated rings. The van der Waals surface area contributed by atoms with Crippen molar-refractivity contribution in [1.29, 1.82) is 0 Å². The number of aromatic nitrogens is 2. The van der Waals surface area contributed by atoms with Gasteiger partial charge in [0.15, 0.2) is 5.96 Å². The minimum absolute atomic E-state index is 0.282. The van der Waals surface area contributed by atoms with E-state index in [9.17, 15) is 4.79 Å². The van der Waals surface area contributed by atoms with E-state index in [0.29, 0.717) is 38.7 Å². The number of piperazine rings is 1. The maximum absolute atomic E-state index is 12.2. The Morgan fingerprint density at radius 2 is 1.82 bits per heavy atom. The van der Waals surface area contributed by atoms with Gasteiger partial charge in [0.05, 0.1) is 12.2 Å². The molecule has 1 amide bonds. The first kappa shape index (κ1) is 19.7. The van der Waals surface area contributed by atoms with Gasteiger partial charge in [-0.15, -0.1) is 0 Å². The number of hydrogen-bond donors (Lipinski definition) is 1. The highest BCUT2D eigenvalue weighted by atomic mass is 16.6. The number of nitrogens with two attached hydrogens (primary N) is 1. The maximum atomic E-state index is 12.2. The first-order valence-electron chi connectivity index (χ1n) is 9.44. The Labute approximate surface area is 165 Å². The number of carbonyl (C=O) groups is 1. The normalized spacial score (nSPS) is 15.6. The molecule has 1 aliphatic heterocycles. The smallest absolute Gasteiger partial charge is 0.410 e. The number of hydrogen-bond acceptors (Lipinski definition) is 4. The van der Waals surface area contributed by atoms with Crippen molar-refractivity contribution in [2.75, 3.05) is 26.2 Å². The summed E-state index contributed by atoms with van der Waals surface area (Å²) < 4.78 is 7.25. The maximum Gasteiger partial charge on any atom is 0.410 e. The average molecular weight is 384 g/mol. The molecule has 0 radical (unpaired) electrons. The Morgan fingerprint density at radius 3 is 2.46 bits per heavy atom. The lowest BCUT2D eigenvalue weighted by Crippen LogP contribution is -2.53. The molecule has 1 aromatic carbocycles. The van der Waals surface area contributed by atoms with Gasteiger partial charge in [-0.1, -0.05) is 18.2 Å². The molecule has 0 bridgehead atoms. The molecule has 0 aliphatic carbocycles. The van der Waals surface area contributed by atoms with Crippen LogP contribution in [0.25, 0.3) is 5.69 Å². The van der Waals surface area contributed by atoms with E-state index in [1.807, 2.05) is 66.9 Å². The lowest BCUT2D eigenvalue weighted by Gasteiger charge is -2.36. The van der Waals surface area contributed by atoms with Crippen LogP contribution in [-0.2, 0) is 11.3 Å². The van der Waals surface area contributed by atoms with E-state index in [-0.39, 0.29) is 6.09 Å². The van der Waals surface area contributed by atoms with Gasteiger partial charge in [-0.3, -0.25) is 0 Å². The van der Waals surface area contributed by atoms with E-state index in [0.717, 1.165) is 11.3 Å². The molecule has 0 spiro atoms. The second kappa shape index (κ2) is 8.33. The van der Waals surface area contributed by atoms with Gasteiger partial charge in [0.2, 0.25) is 0 Å². The summed E-state index contributed by atoms with van der Waals surface area (Å²) in [6.45, 7) is 8.47. The Balaban J connectivity index is 1.58. The van der Waals surface area contributed by atoms with Crippen molar-refractivity contribution in [3.63, 3.8) is 0 Å². The molecule has 2 aromatic rings.